The number of nitrogens with one attached hydrogen (secondary N) is 2. The molecule has 2 N–H and O–H groups in total. The van der Waals surface area contributed by atoms with Gasteiger partial charge in [0.15, 0.2) is 0 Å². The van der Waals surface area contributed by atoms with E-state index in [0.717, 1.165) is 3.79 Å². The maximum absolute atomic E-state index is 3.53. The van der Waals surface area contributed by atoms with Crippen LogP contribution in [0.2, 0.25) is 0 Å². The van der Waals surface area contributed by atoms with Gasteiger partial charge in [0, 0.05) is 22.0 Å². The van der Waals surface area contributed by atoms with Crippen molar-refractivity contribution in [2.24, 2.45) is 0 Å². The molecule has 1 aromatic carbocycles. The zero-order chi connectivity index (χ0) is 12.5. The van der Waals surface area contributed by atoms with Crippen LogP contribution in [0.25, 0.3) is 10.9 Å². The lowest BCUT2D eigenvalue weighted by molar-refractivity contribution is 0.709. The summed E-state index contributed by atoms with van der Waals surface area (Å²) in [5.41, 5.74) is 2.48. The van der Waals surface area contributed by atoms with Gasteiger partial charge in [-0.2, -0.15) is 0 Å². The fourth-order valence-electron chi connectivity index (χ4n) is 2.27. The van der Waals surface area contributed by atoms with Crippen molar-refractivity contribution in [1.29, 1.82) is 0 Å². The molecule has 3 aromatic rings. The highest BCUT2D eigenvalue weighted by Crippen LogP contribution is 2.34. The first kappa shape index (κ1) is 12.0. The van der Waals surface area contributed by atoms with Gasteiger partial charge in [-0.3, -0.25) is 0 Å². The first-order chi connectivity index (χ1) is 8.79. The molecule has 3 rings (SSSR count). The second-order valence-corrected chi connectivity index (χ2v) is 6.65. The van der Waals surface area contributed by atoms with Crippen LogP contribution < -0.4 is 5.32 Å². The zero-order valence-electron chi connectivity index (χ0n) is 9.91. The number of para-hydroxylation sites is 1. The van der Waals surface area contributed by atoms with Gasteiger partial charge in [-0.1, -0.05) is 18.2 Å². The summed E-state index contributed by atoms with van der Waals surface area (Å²) in [4.78, 5) is 4.65. The van der Waals surface area contributed by atoms with Crippen LogP contribution in [-0.4, -0.2) is 12.0 Å². The Balaban J connectivity index is 2.11. The zero-order valence-corrected chi connectivity index (χ0v) is 12.3. The number of halogens is 1. The number of rotatable bonds is 3. The van der Waals surface area contributed by atoms with E-state index in [1.165, 1.54) is 21.3 Å². The van der Waals surface area contributed by atoms with Crippen molar-refractivity contribution in [2.75, 3.05) is 7.05 Å². The van der Waals surface area contributed by atoms with Gasteiger partial charge in [-0.25, -0.2) is 0 Å². The molecule has 0 saturated heterocycles. The SMILES string of the molecule is CNC(c1ccc(Br)s1)c1c[nH]c2ccccc12. The van der Waals surface area contributed by atoms with Crippen LogP contribution in [0.3, 0.4) is 0 Å². The van der Waals surface area contributed by atoms with Gasteiger partial charge in [0.25, 0.3) is 0 Å². The van der Waals surface area contributed by atoms with E-state index in [2.05, 4.69) is 68.8 Å². The molecule has 0 aliphatic heterocycles. The van der Waals surface area contributed by atoms with Crippen molar-refractivity contribution >= 4 is 38.2 Å². The molecule has 0 saturated carbocycles. The van der Waals surface area contributed by atoms with E-state index in [1.54, 1.807) is 11.3 Å². The summed E-state index contributed by atoms with van der Waals surface area (Å²) in [5, 5.41) is 4.67. The lowest BCUT2D eigenvalue weighted by Gasteiger charge is -2.13. The molecule has 18 heavy (non-hydrogen) atoms. The standard InChI is InChI=1S/C14H13BrN2S/c1-16-14(12-6-7-13(15)18-12)10-8-17-11-5-3-2-4-9(10)11/h2-8,14,16-17H,1H3. The highest BCUT2D eigenvalue weighted by atomic mass is 79.9. The molecule has 2 aromatic heterocycles. The summed E-state index contributed by atoms with van der Waals surface area (Å²) in [5.74, 6) is 0. The van der Waals surface area contributed by atoms with Crippen LogP contribution >= 0.6 is 27.3 Å². The summed E-state index contributed by atoms with van der Waals surface area (Å²) < 4.78 is 1.16. The molecule has 0 aliphatic carbocycles. The van der Waals surface area contributed by atoms with Gasteiger partial charge in [0.1, 0.15) is 0 Å². The minimum atomic E-state index is 0.234. The molecule has 0 bridgehead atoms. The van der Waals surface area contributed by atoms with E-state index in [-0.39, 0.29) is 6.04 Å². The Labute approximate surface area is 118 Å². The molecule has 0 radical (unpaired) electrons. The van der Waals surface area contributed by atoms with Crippen molar-refractivity contribution in [1.82, 2.24) is 10.3 Å². The Morgan fingerprint density at radius 1 is 1.22 bits per heavy atom. The van der Waals surface area contributed by atoms with E-state index in [0.29, 0.717) is 0 Å². The van der Waals surface area contributed by atoms with Crippen LogP contribution in [0, 0.1) is 0 Å². The Kier molecular flexibility index (Phi) is 3.24. The molecule has 0 spiro atoms. The number of hydrogen-bond donors (Lipinski definition) is 2. The summed E-state index contributed by atoms with van der Waals surface area (Å²) in [6.45, 7) is 0. The minimum Gasteiger partial charge on any atom is -0.361 e. The number of fused-ring (bicyclic) bond motifs is 1. The van der Waals surface area contributed by atoms with Crippen molar-refractivity contribution in [3.63, 3.8) is 0 Å². The topological polar surface area (TPSA) is 27.8 Å². The first-order valence-electron chi connectivity index (χ1n) is 5.78. The largest absolute Gasteiger partial charge is 0.361 e. The number of aromatic nitrogens is 1. The van der Waals surface area contributed by atoms with Gasteiger partial charge in [-0.15, -0.1) is 11.3 Å². The fourth-order valence-corrected chi connectivity index (χ4v) is 3.82. The monoisotopic (exact) mass is 320 g/mol. The molecular weight excluding hydrogens is 308 g/mol. The second-order valence-electron chi connectivity index (χ2n) is 4.15. The number of aromatic amines is 1. The third-order valence-electron chi connectivity index (χ3n) is 3.10. The van der Waals surface area contributed by atoms with Gasteiger partial charge < -0.3 is 10.3 Å². The smallest absolute Gasteiger partial charge is 0.0702 e. The Morgan fingerprint density at radius 2 is 2.06 bits per heavy atom. The van der Waals surface area contributed by atoms with E-state index >= 15 is 0 Å². The highest BCUT2D eigenvalue weighted by Gasteiger charge is 2.17. The quantitative estimate of drug-likeness (QED) is 0.739. The van der Waals surface area contributed by atoms with Crippen LogP contribution in [0.1, 0.15) is 16.5 Å². The lowest BCUT2D eigenvalue weighted by Crippen LogP contribution is -2.15. The van der Waals surface area contributed by atoms with Gasteiger partial charge in [0.05, 0.1) is 9.83 Å². The molecule has 0 aliphatic rings. The average molecular weight is 321 g/mol. The lowest BCUT2D eigenvalue weighted by atomic mass is 10.0. The normalized spacial score (nSPS) is 13.0. The number of H-pyrrole nitrogens is 1. The van der Waals surface area contributed by atoms with Gasteiger partial charge in [0.2, 0.25) is 0 Å². The summed E-state index contributed by atoms with van der Waals surface area (Å²) >= 11 is 5.29. The van der Waals surface area contributed by atoms with E-state index in [4.69, 9.17) is 0 Å². The van der Waals surface area contributed by atoms with E-state index in [1.807, 2.05) is 7.05 Å². The van der Waals surface area contributed by atoms with Crippen LogP contribution in [0.15, 0.2) is 46.4 Å². The molecule has 4 heteroatoms. The molecule has 0 fully saturated rings. The molecule has 1 atom stereocenters. The Bertz CT molecular complexity index is 671. The number of hydrogen-bond acceptors (Lipinski definition) is 2. The minimum absolute atomic E-state index is 0.234. The second kappa shape index (κ2) is 4.88. The van der Waals surface area contributed by atoms with Crippen molar-refractivity contribution in [3.05, 3.63) is 56.8 Å². The highest BCUT2D eigenvalue weighted by molar-refractivity contribution is 9.11. The predicted octanol–water partition coefficient (Wildman–Crippen LogP) is 4.30. The molecule has 2 heterocycles. The molecule has 2 nitrogen and oxygen atoms in total. The Morgan fingerprint density at radius 3 is 2.78 bits per heavy atom. The third-order valence-corrected chi connectivity index (χ3v) is 4.79. The maximum Gasteiger partial charge on any atom is 0.0702 e. The average Bonchev–Trinajstić information content (AvgIpc) is 2.98. The number of thiophene rings is 1. The maximum atomic E-state index is 3.53. The van der Waals surface area contributed by atoms with Crippen molar-refractivity contribution in [3.8, 4) is 0 Å². The molecular formula is C14H13BrN2S. The van der Waals surface area contributed by atoms with Crippen LogP contribution in [0.4, 0.5) is 0 Å². The molecule has 0 amide bonds. The van der Waals surface area contributed by atoms with Gasteiger partial charge in [-0.05, 0) is 46.7 Å². The van der Waals surface area contributed by atoms with E-state index < -0.39 is 0 Å². The van der Waals surface area contributed by atoms with E-state index in [9.17, 15) is 0 Å². The summed E-state index contributed by atoms with van der Waals surface area (Å²) in [6, 6.07) is 12.9. The molecule has 1 unspecified atom stereocenters. The predicted molar refractivity (Wildman–Crippen MR) is 81.2 cm³/mol. The fraction of sp³-hybridized carbons (Fsp3) is 0.143. The van der Waals surface area contributed by atoms with Crippen LogP contribution in [0.5, 0.6) is 0 Å². The molecule has 92 valence electrons. The Hall–Kier alpha value is -1.10. The third kappa shape index (κ3) is 2.00. The van der Waals surface area contributed by atoms with Crippen LogP contribution in [-0.2, 0) is 0 Å². The van der Waals surface area contributed by atoms with Crippen molar-refractivity contribution in [2.45, 2.75) is 6.04 Å². The summed E-state index contributed by atoms with van der Waals surface area (Å²) in [7, 11) is 2.00. The summed E-state index contributed by atoms with van der Waals surface area (Å²) in [6.07, 6.45) is 2.10. The number of benzene rings is 1. The van der Waals surface area contributed by atoms with Crippen molar-refractivity contribution < 1.29 is 0 Å². The van der Waals surface area contributed by atoms with Gasteiger partial charge >= 0.3 is 0 Å². The first-order valence-corrected chi connectivity index (χ1v) is 7.39.